The van der Waals surface area contributed by atoms with E-state index in [9.17, 15) is 8.42 Å². The minimum absolute atomic E-state index is 0. The van der Waals surface area contributed by atoms with Crippen molar-refractivity contribution in [2.24, 2.45) is 0 Å². The van der Waals surface area contributed by atoms with Gasteiger partial charge in [-0.2, -0.15) is 0 Å². The van der Waals surface area contributed by atoms with Gasteiger partial charge in [0, 0.05) is 19.2 Å². The third kappa shape index (κ3) is 5.56. The Hall–Kier alpha value is -0.660. The SMILES string of the molecule is CCOCCS(=O)(=O)NCC1NCCc2ccccc21.Cl. The van der Waals surface area contributed by atoms with E-state index in [1.807, 2.05) is 19.1 Å². The molecular formula is C14H23ClN2O3S. The van der Waals surface area contributed by atoms with E-state index < -0.39 is 10.0 Å². The van der Waals surface area contributed by atoms with Crippen LogP contribution in [-0.4, -0.2) is 40.5 Å². The van der Waals surface area contributed by atoms with Gasteiger partial charge in [-0.3, -0.25) is 0 Å². The first-order valence-electron chi connectivity index (χ1n) is 6.98. The van der Waals surface area contributed by atoms with E-state index in [1.165, 1.54) is 11.1 Å². The molecule has 1 unspecified atom stereocenters. The molecule has 1 atom stereocenters. The van der Waals surface area contributed by atoms with Crippen LogP contribution < -0.4 is 10.0 Å². The van der Waals surface area contributed by atoms with E-state index in [4.69, 9.17) is 4.74 Å². The van der Waals surface area contributed by atoms with Crippen LogP contribution in [0.4, 0.5) is 0 Å². The Morgan fingerprint density at radius 3 is 2.90 bits per heavy atom. The molecule has 0 fully saturated rings. The molecule has 0 spiro atoms. The minimum Gasteiger partial charge on any atom is -0.381 e. The molecule has 2 rings (SSSR count). The molecule has 1 aromatic rings. The van der Waals surface area contributed by atoms with Gasteiger partial charge in [-0.15, -0.1) is 12.4 Å². The molecule has 1 aliphatic rings. The number of rotatable bonds is 7. The van der Waals surface area contributed by atoms with Crippen LogP contribution in [0.25, 0.3) is 0 Å². The van der Waals surface area contributed by atoms with Gasteiger partial charge in [0.2, 0.25) is 10.0 Å². The number of sulfonamides is 1. The summed E-state index contributed by atoms with van der Waals surface area (Å²) in [6, 6.07) is 8.21. The van der Waals surface area contributed by atoms with Crippen LogP contribution in [0.15, 0.2) is 24.3 Å². The molecule has 1 aliphatic heterocycles. The van der Waals surface area contributed by atoms with E-state index >= 15 is 0 Å². The zero-order valence-electron chi connectivity index (χ0n) is 12.2. The first kappa shape index (κ1) is 18.4. The third-order valence-corrected chi connectivity index (χ3v) is 4.73. The zero-order chi connectivity index (χ0) is 14.4. The normalized spacial score (nSPS) is 17.9. The summed E-state index contributed by atoms with van der Waals surface area (Å²) in [5.41, 5.74) is 2.48. The first-order valence-corrected chi connectivity index (χ1v) is 8.64. The second-order valence-corrected chi connectivity index (χ2v) is 6.75. The van der Waals surface area contributed by atoms with Crippen molar-refractivity contribution in [2.45, 2.75) is 19.4 Å². The van der Waals surface area contributed by atoms with Crippen LogP contribution in [0, 0.1) is 0 Å². The van der Waals surface area contributed by atoms with Gasteiger partial charge in [-0.05, 0) is 31.0 Å². The summed E-state index contributed by atoms with van der Waals surface area (Å²) < 4.78 is 31.4. The van der Waals surface area contributed by atoms with Crippen LogP contribution in [-0.2, 0) is 21.2 Å². The van der Waals surface area contributed by atoms with Gasteiger partial charge < -0.3 is 10.1 Å². The van der Waals surface area contributed by atoms with Crippen LogP contribution in [0.1, 0.15) is 24.1 Å². The fraction of sp³-hybridized carbons (Fsp3) is 0.571. The Labute approximate surface area is 132 Å². The summed E-state index contributed by atoms with van der Waals surface area (Å²) in [5, 5.41) is 3.36. The molecule has 7 heteroatoms. The number of benzene rings is 1. The van der Waals surface area contributed by atoms with Crippen molar-refractivity contribution in [3.63, 3.8) is 0 Å². The lowest BCUT2D eigenvalue weighted by atomic mass is 9.95. The molecular weight excluding hydrogens is 312 g/mol. The van der Waals surface area contributed by atoms with Crippen molar-refractivity contribution in [2.75, 3.05) is 32.1 Å². The van der Waals surface area contributed by atoms with Crippen molar-refractivity contribution < 1.29 is 13.2 Å². The summed E-state index contributed by atoms with van der Waals surface area (Å²) in [6.45, 7) is 3.88. The number of nitrogens with one attached hydrogen (secondary N) is 2. The van der Waals surface area contributed by atoms with E-state index in [0.29, 0.717) is 13.2 Å². The Morgan fingerprint density at radius 2 is 2.14 bits per heavy atom. The van der Waals surface area contributed by atoms with Gasteiger partial charge in [-0.1, -0.05) is 24.3 Å². The highest BCUT2D eigenvalue weighted by molar-refractivity contribution is 7.89. The van der Waals surface area contributed by atoms with Crippen molar-refractivity contribution >= 4 is 22.4 Å². The molecule has 0 radical (unpaired) electrons. The van der Waals surface area contributed by atoms with Gasteiger partial charge in [-0.25, -0.2) is 13.1 Å². The van der Waals surface area contributed by atoms with Gasteiger partial charge >= 0.3 is 0 Å². The zero-order valence-corrected chi connectivity index (χ0v) is 13.8. The van der Waals surface area contributed by atoms with E-state index in [2.05, 4.69) is 22.2 Å². The van der Waals surface area contributed by atoms with Gasteiger partial charge in [0.25, 0.3) is 0 Å². The van der Waals surface area contributed by atoms with E-state index in [-0.39, 0.29) is 30.8 Å². The Kier molecular flexibility index (Phi) is 7.62. The fourth-order valence-corrected chi connectivity index (χ4v) is 3.27. The van der Waals surface area contributed by atoms with Crippen LogP contribution in [0.3, 0.4) is 0 Å². The van der Waals surface area contributed by atoms with Gasteiger partial charge in [0.15, 0.2) is 0 Å². The summed E-state index contributed by atoms with van der Waals surface area (Å²) in [7, 11) is -3.27. The van der Waals surface area contributed by atoms with Crippen LogP contribution in [0.5, 0.6) is 0 Å². The monoisotopic (exact) mass is 334 g/mol. The van der Waals surface area contributed by atoms with Crippen LogP contribution in [0.2, 0.25) is 0 Å². The van der Waals surface area contributed by atoms with Gasteiger partial charge in [0.1, 0.15) is 0 Å². The number of hydrogen-bond acceptors (Lipinski definition) is 4. The number of ether oxygens (including phenoxy) is 1. The number of fused-ring (bicyclic) bond motifs is 1. The molecule has 5 nitrogen and oxygen atoms in total. The van der Waals surface area contributed by atoms with Gasteiger partial charge in [0.05, 0.1) is 12.4 Å². The first-order chi connectivity index (χ1) is 9.62. The summed E-state index contributed by atoms with van der Waals surface area (Å²) >= 11 is 0. The lowest BCUT2D eigenvalue weighted by Crippen LogP contribution is -2.40. The van der Waals surface area contributed by atoms with Crippen molar-refractivity contribution in [3.8, 4) is 0 Å². The maximum Gasteiger partial charge on any atom is 0.213 e. The molecule has 0 saturated carbocycles. The summed E-state index contributed by atoms with van der Waals surface area (Å²) in [4.78, 5) is 0. The standard InChI is InChI=1S/C14H22N2O3S.ClH/c1-2-19-9-10-20(17,18)16-11-14-13-6-4-3-5-12(13)7-8-15-14;/h3-6,14-16H,2,7-11H2,1H3;1H. The molecule has 0 bridgehead atoms. The Morgan fingerprint density at radius 1 is 1.38 bits per heavy atom. The summed E-state index contributed by atoms with van der Waals surface area (Å²) in [5.74, 6) is 0.00913. The molecule has 0 aliphatic carbocycles. The molecule has 2 N–H and O–H groups in total. The average molecular weight is 335 g/mol. The Balaban J connectivity index is 0.00000220. The largest absolute Gasteiger partial charge is 0.381 e. The molecule has 0 aromatic heterocycles. The van der Waals surface area contributed by atoms with E-state index in [1.54, 1.807) is 0 Å². The lowest BCUT2D eigenvalue weighted by molar-refractivity contribution is 0.163. The maximum atomic E-state index is 11.8. The Bertz CT molecular complexity index is 537. The highest BCUT2D eigenvalue weighted by Gasteiger charge is 2.21. The topological polar surface area (TPSA) is 67.4 Å². The molecule has 1 aromatic carbocycles. The van der Waals surface area contributed by atoms with Crippen molar-refractivity contribution in [1.29, 1.82) is 0 Å². The minimum atomic E-state index is -3.27. The second kappa shape index (κ2) is 8.70. The highest BCUT2D eigenvalue weighted by atomic mass is 35.5. The van der Waals surface area contributed by atoms with E-state index in [0.717, 1.165) is 13.0 Å². The average Bonchev–Trinajstić information content (AvgIpc) is 2.45. The predicted molar refractivity (Wildman–Crippen MR) is 86.4 cm³/mol. The molecule has 1 heterocycles. The molecule has 0 saturated heterocycles. The van der Waals surface area contributed by atoms with Crippen LogP contribution >= 0.6 is 12.4 Å². The van der Waals surface area contributed by atoms with Crippen molar-refractivity contribution in [1.82, 2.24) is 10.0 Å². The second-order valence-electron chi connectivity index (χ2n) is 4.82. The molecule has 0 amide bonds. The summed E-state index contributed by atoms with van der Waals surface area (Å²) in [6.07, 6.45) is 0.990. The molecule has 21 heavy (non-hydrogen) atoms. The third-order valence-electron chi connectivity index (χ3n) is 3.42. The highest BCUT2D eigenvalue weighted by Crippen LogP contribution is 2.21. The maximum absolute atomic E-state index is 11.8. The smallest absolute Gasteiger partial charge is 0.213 e. The van der Waals surface area contributed by atoms with Crippen molar-refractivity contribution in [3.05, 3.63) is 35.4 Å². The molecule has 120 valence electrons. The quantitative estimate of drug-likeness (QED) is 0.736. The number of halogens is 1. The predicted octanol–water partition coefficient (Wildman–Crippen LogP) is 1.25. The fourth-order valence-electron chi connectivity index (χ4n) is 2.37. The number of hydrogen-bond donors (Lipinski definition) is 2. The lowest BCUT2D eigenvalue weighted by Gasteiger charge is -2.27.